The topological polar surface area (TPSA) is 55.6 Å². The van der Waals surface area contributed by atoms with E-state index in [0.717, 1.165) is 12.8 Å². The molecule has 1 amide bonds. The van der Waals surface area contributed by atoms with E-state index < -0.39 is 0 Å². The highest BCUT2D eigenvalue weighted by Gasteiger charge is 2.26. The molecular weight excluding hydrogens is 272 g/mol. The van der Waals surface area contributed by atoms with Crippen molar-refractivity contribution in [2.45, 2.75) is 19.8 Å². The number of likely N-dealkylation sites (tertiary alicyclic amines) is 1. The summed E-state index contributed by atoms with van der Waals surface area (Å²) in [4.78, 5) is 15.0. The Bertz CT molecular complexity index is 496. The van der Waals surface area contributed by atoms with Crippen LogP contribution in [0, 0.1) is 5.92 Å². The Labute approximate surface area is 124 Å². The summed E-state index contributed by atoms with van der Waals surface area (Å²) in [7, 11) is 0. The lowest BCUT2D eigenvalue weighted by molar-refractivity contribution is 0.0706. The van der Waals surface area contributed by atoms with Crippen molar-refractivity contribution in [3.05, 3.63) is 29.8 Å². The van der Waals surface area contributed by atoms with Crippen molar-refractivity contribution < 1.29 is 9.53 Å². The summed E-state index contributed by atoms with van der Waals surface area (Å²) in [6.45, 7) is 3.85. The van der Waals surface area contributed by atoms with Gasteiger partial charge in [-0.05, 0) is 31.9 Å². The maximum absolute atomic E-state index is 12.6. The van der Waals surface area contributed by atoms with Crippen molar-refractivity contribution in [2.75, 3.05) is 19.7 Å². The average Bonchev–Trinajstić information content (AvgIpc) is 2.47. The Hall–Kier alpha value is -1.62. The minimum Gasteiger partial charge on any atom is -0.493 e. The van der Waals surface area contributed by atoms with Gasteiger partial charge in [-0.3, -0.25) is 4.79 Å². The van der Waals surface area contributed by atoms with Gasteiger partial charge in [0.1, 0.15) is 5.75 Å². The minimum atomic E-state index is 0.0236. The summed E-state index contributed by atoms with van der Waals surface area (Å²) in [5.74, 6) is 0.933. The molecule has 0 radical (unpaired) electrons. The first-order valence-electron chi connectivity index (χ1n) is 6.94. The molecule has 20 heavy (non-hydrogen) atoms. The van der Waals surface area contributed by atoms with Crippen molar-refractivity contribution in [3.63, 3.8) is 0 Å². The van der Waals surface area contributed by atoms with E-state index in [1.54, 1.807) is 0 Å². The largest absolute Gasteiger partial charge is 0.493 e. The van der Waals surface area contributed by atoms with Crippen LogP contribution in [0.2, 0.25) is 0 Å². The van der Waals surface area contributed by atoms with E-state index in [1.807, 2.05) is 36.1 Å². The number of ether oxygens (including phenoxy) is 1. The molecule has 0 unspecified atom stereocenters. The van der Waals surface area contributed by atoms with Gasteiger partial charge in [0.2, 0.25) is 0 Å². The molecule has 108 valence electrons. The van der Waals surface area contributed by atoms with Crippen LogP contribution in [0.5, 0.6) is 5.75 Å². The van der Waals surface area contributed by atoms with Crippen molar-refractivity contribution in [1.29, 1.82) is 0 Å². The number of carbonyl (C=O) groups is 1. The molecule has 1 fully saturated rings. The van der Waals surface area contributed by atoms with Crippen LogP contribution < -0.4 is 10.5 Å². The summed E-state index contributed by atoms with van der Waals surface area (Å²) in [6.07, 6.45) is 1.69. The molecule has 0 saturated carbocycles. The molecule has 1 aromatic carbocycles. The first-order valence-corrected chi connectivity index (χ1v) is 7.34. The molecule has 0 bridgehead atoms. The predicted molar refractivity (Wildman–Crippen MR) is 83.0 cm³/mol. The van der Waals surface area contributed by atoms with Crippen molar-refractivity contribution >= 4 is 23.1 Å². The van der Waals surface area contributed by atoms with Gasteiger partial charge >= 0.3 is 0 Å². The van der Waals surface area contributed by atoms with Gasteiger partial charge in [-0.1, -0.05) is 24.4 Å². The zero-order chi connectivity index (χ0) is 14.5. The molecule has 2 rings (SSSR count). The zero-order valence-corrected chi connectivity index (χ0v) is 12.5. The van der Waals surface area contributed by atoms with E-state index >= 15 is 0 Å². The molecular formula is C15H20N2O2S. The SMILES string of the molecule is CCOc1ccccc1C(=O)N1CCC(C(N)=S)CC1. The van der Waals surface area contributed by atoms with Gasteiger partial charge in [-0.2, -0.15) is 0 Å². The van der Waals surface area contributed by atoms with Crippen molar-refractivity contribution in [2.24, 2.45) is 11.7 Å². The zero-order valence-electron chi connectivity index (χ0n) is 11.7. The van der Waals surface area contributed by atoms with Crippen LogP contribution in [-0.2, 0) is 0 Å². The molecule has 1 heterocycles. The Morgan fingerprint density at radius 1 is 1.40 bits per heavy atom. The fourth-order valence-corrected chi connectivity index (χ4v) is 2.70. The highest BCUT2D eigenvalue weighted by atomic mass is 32.1. The molecule has 1 saturated heterocycles. The van der Waals surface area contributed by atoms with Gasteiger partial charge in [-0.15, -0.1) is 0 Å². The molecule has 4 nitrogen and oxygen atoms in total. The van der Waals surface area contributed by atoms with E-state index in [4.69, 9.17) is 22.7 Å². The summed E-state index contributed by atoms with van der Waals surface area (Å²) in [5.41, 5.74) is 6.30. The lowest BCUT2D eigenvalue weighted by Gasteiger charge is -2.31. The normalized spacial score (nSPS) is 15.9. The van der Waals surface area contributed by atoms with E-state index in [-0.39, 0.29) is 11.8 Å². The van der Waals surface area contributed by atoms with Crippen LogP contribution in [0.25, 0.3) is 0 Å². The van der Waals surface area contributed by atoms with Crippen LogP contribution in [-0.4, -0.2) is 35.5 Å². The summed E-state index contributed by atoms with van der Waals surface area (Å²) >= 11 is 5.02. The molecule has 2 N–H and O–H groups in total. The van der Waals surface area contributed by atoms with E-state index in [0.29, 0.717) is 36.0 Å². The number of benzene rings is 1. The third kappa shape index (κ3) is 3.28. The van der Waals surface area contributed by atoms with Gasteiger partial charge in [0.25, 0.3) is 5.91 Å². The summed E-state index contributed by atoms with van der Waals surface area (Å²) in [6, 6.07) is 7.38. The lowest BCUT2D eigenvalue weighted by Crippen LogP contribution is -2.41. The molecule has 0 aromatic heterocycles. The Balaban J connectivity index is 2.07. The first kappa shape index (κ1) is 14.8. The van der Waals surface area contributed by atoms with Gasteiger partial charge in [0.15, 0.2) is 0 Å². The second-order valence-electron chi connectivity index (χ2n) is 4.90. The molecule has 0 aliphatic carbocycles. The number of rotatable bonds is 4. The Kier molecular flexibility index (Phi) is 4.95. The number of amides is 1. The fourth-order valence-electron chi connectivity index (χ4n) is 2.46. The first-order chi connectivity index (χ1) is 9.63. The number of hydrogen-bond donors (Lipinski definition) is 1. The molecule has 0 atom stereocenters. The van der Waals surface area contributed by atoms with E-state index in [9.17, 15) is 4.79 Å². The number of piperidine rings is 1. The predicted octanol–water partition coefficient (Wildman–Crippen LogP) is 2.22. The lowest BCUT2D eigenvalue weighted by atomic mass is 9.96. The van der Waals surface area contributed by atoms with Crippen molar-refractivity contribution in [1.82, 2.24) is 4.90 Å². The van der Waals surface area contributed by atoms with Gasteiger partial charge < -0.3 is 15.4 Å². The maximum Gasteiger partial charge on any atom is 0.257 e. The molecule has 0 spiro atoms. The standard InChI is InChI=1S/C15H20N2O2S/c1-2-19-13-6-4-3-5-12(13)15(18)17-9-7-11(8-10-17)14(16)20/h3-6,11H,2,7-10H2,1H3,(H2,16,20). The molecule has 1 aliphatic heterocycles. The third-order valence-electron chi connectivity index (χ3n) is 3.60. The smallest absolute Gasteiger partial charge is 0.257 e. The monoisotopic (exact) mass is 292 g/mol. The number of hydrogen-bond acceptors (Lipinski definition) is 3. The van der Waals surface area contributed by atoms with Crippen LogP contribution in [0.3, 0.4) is 0 Å². The number of nitrogens with two attached hydrogens (primary N) is 1. The number of carbonyl (C=O) groups excluding carboxylic acids is 1. The second-order valence-corrected chi connectivity index (χ2v) is 5.37. The van der Waals surface area contributed by atoms with Crippen LogP contribution in [0.15, 0.2) is 24.3 Å². The van der Waals surface area contributed by atoms with Crippen LogP contribution in [0.1, 0.15) is 30.1 Å². The number of thiocarbonyl (C=S) groups is 1. The summed E-state index contributed by atoms with van der Waals surface area (Å²) < 4.78 is 5.52. The van der Waals surface area contributed by atoms with Gasteiger partial charge in [0, 0.05) is 19.0 Å². The maximum atomic E-state index is 12.6. The van der Waals surface area contributed by atoms with Crippen LogP contribution >= 0.6 is 12.2 Å². The Morgan fingerprint density at radius 3 is 2.65 bits per heavy atom. The van der Waals surface area contributed by atoms with Gasteiger partial charge in [0.05, 0.1) is 17.2 Å². The average molecular weight is 292 g/mol. The highest BCUT2D eigenvalue weighted by molar-refractivity contribution is 7.80. The minimum absolute atomic E-state index is 0.0236. The van der Waals surface area contributed by atoms with Crippen LogP contribution in [0.4, 0.5) is 0 Å². The number of nitrogens with zero attached hydrogens (tertiary/aromatic N) is 1. The fraction of sp³-hybridized carbons (Fsp3) is 0.467. The number of para-hydroxylation sites is 1. The second kappa shape index (κ2) is 6.70. The van der Waals surface area contributed by atoms with E-state index in [2.05, 4.69) is 0 Å². The Morgan fingerprint density at radius 2 is 2.05 bits per heavy atom. The quantitative estimate of drug-likeness (QED) is 0.865. The van der Waals surface area contributed by atoms with Gasteiger partial charge in [-0.25, -0.2) is 0 Å². The molecule has 1 aliphatic rings. The highest BCUT2D eigenvalue weighted by Crippen LogP contribution is 2.23. The molecule has 1 aromatic rings. The molecule has 5 heteroatoms. The van der Waals surface area contributed by atoms with E-state index in [1.165, 1.54) is 0 Å². The summed E-state index contributed by atoms with van der Waals surface area (Å²) in [5, 5.41) is 0. The van der Waals surface area contributed by atoms with Crippen molar-refractivity contribution in [3.8, 4) is 5.75 Å². The third-order valence-corrected chi connectivity index (χ3v) is 3.94.